The minimum absolute atomic E-state index is 0.0934. The van der Waals surface area contributed by atoms with Crippen LogP contribution in [0.1, 0.15) is 33.6 Å². The Labute approximate surface area is 272 Å². The van der Waals surface area contributed by atoms with E-state index in [4.69, 9.17) is 18.9 Å². The number of pyridine rings is 1. The van der Waals surface area contributed by atoms with Gasteiger partial charge in [0.1, 0.15) is 40.8 Å². The fraction of sp³-hybridized carbons (Fsp3) is 0.424. The largest absolute Gasteiger partial charge is 0.496 e. The molecule has 2 aliphatic rings. The van der Waals surface area contributed by atoms with Crippen molar-refractivity contribution in [2.75, 3.05) is 45.5 Å². The molecule has 48 heavy (non-hydrogen) atoms. The van der Waals surface area contributed by atoms with Crippen molar-refractivity contribution < 1.29 is 50.5 Å². The number of morpholine rings is 1. The van der Waals surface area contributed by atoms with E-state index < -0.39 is 59.6 Å². The standard InChI is InChI=1S/C33H34F5N3O7/c1-17-12-25(45-3)27(31(43)40(17)2)21-8-7-18(20-6-5-10-48-29(20)21)13-24(32(44)46-4)39-30(42)28-22(34)14-19(15-23(28)35)41-9-11-47-16-26(41)33(36,37)38/h7-8,12,14-15,24,26H,5-6,9-11,13,16H2,1-4H3,(H,39,42)/t24-,26+/m0/s1. The molecule has 1 fully saturated rings. The monoisotopic (exact) mass is 679 g/mol. The van der Waals surface area contributed by atoms with E-state index in [0.717, 1.165) is 12.0 Å². The molecule has 0 unspecified atom stereocenters. The van der Waals surface area contributed by atoms with Crippen molar-refractivity contribution >= 4 is 17.6 Å². The van der Waals surface area contributed by atoms with Crippen molar-refractivity contribution in [2.24, 2.45) is 7.05 Å². The van der Waals surface area contributed by atoms with Crippen LogP contribution >= 0.6 is 0 Å². The van der Waals surface area contributed by atoms with Crippen molar-refractivity contribution in [1.29, 1.82) is 0 Å². The fourth-order valence-electron chi connectivity index (χ4n) is 6.03. The Balaban J connectivity index is 1.46. The Bertz CT molecular complexity index is 1770. The second-order valence-corrected chi connectivity index (χ2v) is 11.5. The number of ether oxygens (including phenoxy) is 4. The second kappa shape index (κ2) is 13.8. The molecule has 3 heterocycles. The van der Waals surface area contributed by atoms with Gasteiger partial charge in [-0.2, -0.15) is 13.2 Å². The summed E-state index contributed by atoms with van der Waals surface area (Å²) in [6.07, 6.45) is -3.79. The molecular weight excluding hydrogens is 645 g/mol. The summed E-state index contributed by atoms with van der Waals surface area (Å²) >= 11 is 0. The molecule has 5 rings (SSSR count). The van der Waals surface area contributed by atoms with Crippen LogP contribution in [0.15, 0.2) is 35.1 Å². The number of halogens is 5. The molecular formula is C33H34F5N3O7. The highest BCUT2D eigenvalue weighted by molar-refractivity contribution is 5.97. The van der Waals surface area contributed by atoms with Crippen LogP contribution in [0.2, 0.25) is 0 Å². The minimum atomic E-state index is -4.74. The molecule has 10 nitrogen and oxygen atoms in total. The molecule has 2 atom stereocenters. The summed E-state index contributed by atoms with van der Waals surface area (Å²) in [6, 6.07) is 2.76. The van der Waals surface area contributed by atoms with Crippen molar-refractivity contribution in [3.63, 3.8) is 0 Å². The zero-order chi connectivity index (χ0) is 34.9. The van der Waals surface area contributed by atoms with Crippen LogP contribution in [0.5, 0.6) is 11.5 Å². The number of carbonyl (C=O) groups excluding carboxylic acids is 2. The molecule has 1 aromatic heterocycles. The Morgan fingerprint density at radius 2 is 1.81 bits per heavy atom. The van der Waals surface area contributed by atoms with Crippen molar-refractivity contribution in [3.05, 3.63) is 74.7 Å². The third-order valence-electron chi connectivity index (χ3n) is 8.61. The van der Waals surface area contributed by atoms with Crippen LogP contribution in [0.3, 0.4) is 0 Å². The van der Waals surface area contributed by atoms with E-state index in [-0.39, 0.29) is 30.7 Å². The maximum absolute atomic E-state index is 15.3. The normalized spacial score (nSPS) is 16.9. The van der Waals surface area contributed by atoms with Gasteiger partial charge in [0.25, 0.3) is 11.5 Å². The van der Waals surface area contributed by atoms with Crippen LogP contribution in [-0.2, 0) is 34.2 Å². The summed E-state index contributed by atoms with van der Waals surface area (Å²) in [5.41, 5.74) is 0.844. The molecule has 0 aliphatic carbocycles. The number of methoxy groups -OCH3 is 2. The van der Waals surface area contributed by atoms with Gasteiger partial charge in [-0.05, 0) is 43.0 Å². The van der Waals surface area contributed by atoms with Crippen LogP contribution in [0.25, 0.3) is 11.1 Å². The number of hydrogen-bond donors (Lipinski definition) is 1. The molecule has 0 saturated carbocycles. The molecule has 1 N–H and O–H groups in total. The number of amides is 1. The number of aromatic nitrogens is 1. The number of carbonyl (C=O) groups is 2. The van der Waals surface area contributed by atoms with Gasteiger partial charge in [0.05, 0.1) is 39.6 Å². The maximum atomic E-state index is 15.3. The quantitative estimate of drug-likeness (QED) is 0.278. The van der Waals surface area contributed by atoms with Gasteiger partial charge in [0.15, 0.2) is 0 Å². The smallest absolute Gasteiger partial charge is 0.411 e. The molecule has 15 heteroatoms. The van der Waals surface area contributed by atoms with E-state index in [2.05, 4.69) is 5.32 Å². The highest BCUT2D eigenvalue weighted by Gasteiger charge is 2.46. The molecule has 1 amide bonds. The third kappa shape index (κ3) is 6.68. The highest BCUT2D eigenvalue weighted by atomic mass is 19.4. The molecule has 2 aliphatic heterocycles. The van der Waals surface area contributed by atoms with E-state index in [1.54, 1.807) is 32.2 Å². The number of hydrogen-bond acceptors (Lipinski definition) is 8. The van der Waals surface area contributed by atoms with Crippen LogP contribution in [0.4, 0.5) is 27.6 Å². The first kappa shape index (κ1) is 34.7. The number of alkyl halides is 3. The van der Waals surface area contributed by atoms with E-state index in [1.807, 2.05) is 0 Å². The van der Waals surface area contributed by atoms with Crippen molar-refractivity contribution in [1.82, 2.24) is 9.88 Å². The average molecular weight is 680 g/mol. The molecule has 258 valence electrons. The molecule has 0 spiro atoms. The van der Waals surface area contributed by atoms with Gasteiger partial charge >= 0.3 is 12.1 Å². The van der Waals surface area contributed by atoms with Gasteiger partial charge < -0.3 is 33.7 Å². The number of aryl methyl sites for hydroxylation is 1. The zero-order valence-corrected chi connectivity index (χ0v) is 26.6. The van der Waals surface area contributed by atoms with Gasteiger partial charge in [-0.25, -0.2) is 13.6 Å². The Kier molecular flexibility index (Phi) is 9.99. The molecule has 0 bridgehead atoms. The Morgan fingerprint density at radius 3 is 2.46 bits per heavy atom. The van der Waals surface area contributed by atoms with Gasteiger partial charge in [-0.3, -0.25) is 9.59 Å². The topological polar surface area (TPSA) is 108 Å². The SMILES string of the molecule is COC(=O)[C@H](Cc1ccc(-c2c(OC)cc(C)n(C)c2=O)c2c1CCCO2)NC(=O)c1c(F)cc(N2CCOC[C@@H]2C(F)(F)F)cc1F. The first-order valence-corrected chi connectivity index (χ1v) is 15.1. The number of esters is 1. The van der Waals surface area contributed by atoms with Crippen LogP contribution in [0, 0.1) is 18.6 Å². The zero-order valence-electron chi connectivity index (χ0n) is 26.6. The number of fused-ring (bicyclic) bond motifs is 1. The number of nitrogens with one attached hydrogen (secondary N) is 1. The minimum Gasteiger partial charge on any atom is -0.496 e. The lowest BCUT2D eigenvalue weighted by atomic mass is 9.90. The highest BCUT2D eigenvalue weighted by Crippen LogP contribution is 2.41. The predicted octanol–water partition coefficient (Wildman–Crippen LogP) is 4.25. The van der Waals surface area contributed by atoms with Gasteiger partial charge in [0, 0.05) is 43.0 Å². The molecule has 1 saturated heterocycles. The number of anilines is 1. The molecule has 0 radical (unpaired) electrons. The lowest BCUT2D eigenvalue weighted by molar-refractivity contribution is -0.167. The maximum Gasteiger partial charge on any atom is 0.411 e. The fourth-order valence-corrected chi connectivity index (χ4v) is 6.03. The lowest BCUT2D eigenvalue weighted by Crippen LogP contribution is -2.53. The molecule has 3 aromatic rings. The first-order chi connectivity index (χ1) is 22.8. The average Bonchev–Trinajstić information content (AvgIpc) is 3.06. The van der Waals surface area contributed by atoms with E-state index >= 15 is 8.78 Å². The lowest BCUT2D eigenvalue weighted by Gasteiger charge is -2.38. The molecule has 2 aromatic carbocycles. The second-order valence-electron chi connectivity index (χ2n) is 11.5. The van der Waals surface area contributed by atoms with Gasteiger partial charge in [-0.15, -0.1) is 0 Å². The van der Waals surface area contributed by atoms with E-state index in [1.165, 1.54) is 11.7 Å². The van der Waals surface area contributed by atoms with Crippen molar-refractivity contribution in [3.8, 4) is 22.6 Å². The summed E-state index contributed by atoms with van der Waals surface area (Å²) in [4.78, 5) is 40.2. The van der Waals surface area contributed by atoms with Crippen LogP contribution in [-0.4, -0.2) is 75.3 Å². The van der Waals surface area contributed by atoms with E-state index in [0.29, 0.717) is 65.5 Å². The number of rotatable bonds is 8. The first-order valence-electron chi connectivity index (χ1n) is 15.1. The number of nitrogens with zero attached hydrogens (tertiary/aromatic N) is 2. The summed E-state index contributed by atoms with van der Waals surface area (Å²) in [5, 5.41) is 2.32. The Morgan fingerprint density at radius 1 is 1.10 bits per heavy atom. The van der Waals surface area contributed by atoms with Gasteiger partial charge in [0.2, 0.25) is 0 Å². The van der Waals surface area contributed by atoms with Gasteiger partial charge in [-0.1, -0.05) is 12.1 Å². The Hall–Kier alpha value is -4.66. The van der Waals surface area contributed by atoms with Crippen molar-refractivity contribution in [2.45, 2.75) is 44.4 Å². The van der Waals surface area contributed by atoms with E-state index in [9.17, 15) is 27.6 Å². The third-order valence-corrected chi connectivity index (χ3v) is 8.61. The summed E-state index contributed by atoms with van der Waals surface area (Å²) in [6.45, 7) is 1.03. The number of benzene rings is 2. The summed E-state index contributed by atoms with van der Waals surface area (Å²) in [5.74, 6) is -4.30. The predicted molar refractivity (Wildman–Crippen MR) is 164 cm³/mol. The summed E-state index contributed by atoms with van der Waals surface area (Å²) < 4.78 is 94.0. The summed E-state index contributed by atoms with van der Waals surface area (Å²) in [7, 11) is 4.16. The van der Waals surface area contributed by atoms with Crippen LogP contribution < -0.4 is 25.2 Å².